The fraction of sp³-hybridized carbons (Fsp3) is 0.214. The van der Waals surface area contributed by atoms with Gasteiger partial charge in [-0.2, -0.15) is 13.2 Å². The van der Waals surface area contributed by atoms with E-state index in [1.165, 1.54) is 17.0 Å². The normalized spacial score (nSPS) is 14.8. The molecule has 1 atom stereocenters. The van der Waals surface area contributed by atoms with E-state index >= 15 is 0 Å². The summed E-state index contributed by atoms with van der Waals surface area (Å²) in [6.45, 7) is -0.343. The molecule has 1 amide bonds. The number of benzene rings is 3. The van der Waals surface area contributed by atoms with Gasteiger partial charge < -0.3 is 20.2 Å². The van der Waals surface area contributed by atoms with Gasteiger partial charge in [-0.25, -0.2) is 14.4 Å². The van der Waals surface area contributed by atoms with Crippen molar-refractivity contribution in [2.75, 3.05) is 0 Å². The second-order valence-corrected chi connectivity index (χ2v) is 9.10. The summed E-state index contributed by atoms with van der Waals surface area (Å²) in [4.78, 5) is 50.7. The molecule has 0 bridgehead atoms. The number of carboxylic acid groups (broad SMARTS) is 3. The third kappa shape index (κ3) is 5.62. The lowest BCUT2D eigenvalue weighted by molar-refractivity contribution is -0.137. The topological polar surface area (TPSA) is 132 Å². The molecule has 0 aliphatic heterocycles. The van der Waals surface area contributed by atoms with Gasteiger partial charge in [0.2, 0.25) is 0 Å². The van der Waals surface area contributed by atoms with Gasteiger partial charge >= 0.3 is 24.1 Å². The van der Waals surface area contributed by atoms with Crippen LogP contribution in [0.2, 0.25) is 0 Å². The molecule has 1 aliphatic carbocycles. The predicted octanol–water partition coefficient (Wildman–Crippen LogP) is 5.52. The van der Waals surface area contributed by atoms with E-state index in [9.17, 15) is 47.7 Å². The minimum atomic E-state index is -4.64. The van der Waals surface area contributed by atoms with Crippen molar-refractivity contribution in [3.8, 4) is 0 Å². The fourth-order valence-electron chi connectivity index (χ4n) is 4.88. The molecule has 0 unspecified atom stereocenters. The molecule has 0 heterocycles. The lowest BCUT2D eigenvalue weighted by Gasteiger charge is -2.36. The van der Waals surface area contributed by atoms with Crippen molar-refractivity contribution < 1.29 is 47.7 Å². The van der Waals surface area contributed by atoms with Gasteiger partial charge in [0.15, 0.2) is 0 Å². The van der Waals surface area contributed by atoms with Gasteiger partial charge in [-0.15, -0.1) is 0 Å². The number of alkyl halides is 3. The Morgan fingerprint density at radius 2 is 1.38 bits per heavy atom. The maximum Gasteiger partial charge on any atom is 0.416 e. The highest BCUT2D eigenvalue weighted by Crippen LogP contribution is 2.37. The van der Waals surface area contributed by atoms with E-state index in [-0.39, 0.29) is 12.1 Å². The zero-order valence-corrected chi connectivity index (χ0v) is 20.2. The first-order chi connectivity index (χ1) is 18.4. The van der Waals surface area contributed by atoms with Crippen molar-refractivity contribution in [2.24, 2.45) is 0 Å². The van der Waals surface area contributed by atoms with E-state index in [1.807, 2.05) is 12.1 Å². The molecule has 3 N–H and O–H groups in total. The minimum Gasteiger partial charge on any atom is -0.478 e. The number of rotatable bonds is 7. The summed E-state index contributed by atoms with van der Waals surface area (Å²) in [5.41, 5.74) is -2.08. The quantitative estimate of drug-likeness (QED) is 0.359. The van der Waals surface area contributed by atoms with Crippen LogP contribution in [0.25, 0.3) is 0 Å². The second kappa shape index (κ2) is 10.6. The van der Waals surface area contributed by atoms with Crippen LogP contribution >= 0.6 is 0 Å². The third-order valence-corrected chi connectivity index (χ3v) is 6.66. The SMILES string of the molecule is O=C(O)c1cc(C(=O)O)c(C(=O)N(Cc2cccc(C(F)(F)F)c2)[C@H]2CCCc3ccccc32)cc1C(=O)O. The molecule has 3 aromatic carbocycles. The molecule has 202 valence electrons. The van der Waals surface area contributed by atoms with Gasteiger partial charge in [0, 0.05) is 6.54 Å². The number of aromatic carboxylic acids is 3. The van der Waals surface area contributed by atoms with Crippen LogP contribution in [-0.2, 0) is 19.1 Å². The van der Waals surface area contributed by atoms with Gasteiger partial charge in [-0.3, -0.25) is 4.79 Å². The van der Waals surface area contributed by atoms with Crippen molar-refractivity contribution >= 4 is 23.8 Å². The van der Waals surface area contributed by atoms with E-state index in [2.05, 4.69) is 0 Å². The molecule has 0 radical (unpaired) electrons. The van der Waals surface area contributed by atoms with Crippen LogP contribution in [-0.4, -0.2) is 44.0 Å². The van der Waals surface area contributed by atoms with E-state index in [1.54, 1.807) is 12.1 Å². The zero-order chi connectivity index (χ0) is 28.5. The maximum absolute atomic E-state index is 14.0. The number of aryl methyl sites for hydroxylation is 1. The number of hydrogen-bond donors (Lipinski definition) is 3. The molecule has 8 nitrogen and oxygen atoms in total. The molecule has 0 saturated heterocycles. The van der Waals surface area contributed by atoms with Crippen molar-refractivity contribution in [2.45, 2.75) is 38.0 Å². The Hall–Kier alpha value is -4.67. The molecule has 1 aliphatic rings. The van der Waals surface area contributed by atoms with E-state index < -0.39 is 63.9 Å². The molecule has 39 heavy (non-hydrogen) atoms. The Labute approximate surface area is 219 Å². The average molecular weight is 541 g/mol. The van der Waals surface area contributed by atoms with Gasteiger partial charge in [0.1, 0.15) is 0 Å². The monoisotopic (exact) mass is 541 g/mol. The Morgan fingerprint density at radius 3 is 2.00 bits per heavy atom. The number of halogens is 3. The van der Waals surface area contributed by atoms with Crippen LogP contribution in [0.1, 0.15) is 82.6 Å². The lowest BCUT2D eigenvalue weighted by atomic mass is 9.86. The fourth-order valence-corrected chi connectivity index (χ4v) is 4.88. The molecule has 0 aromatic heterocycles. The number of carbonyl (C=O) groups is 4. The maximum atomic E-state index is 14.0. The molecule has 0 fully saturated rings. The van der Waals surface area contributed by atoms with E-state index in [0.29, 0.717) is 31.4 Å². The third-order valence-electron chi connectivity index (χ3n) is 6.66. The van der Waals surface area contributed by atoms with Crippen LogP contribution in [0.4, 0.5) is 13.2 Å². The smallest absolute Gasteiger partial charge is 0.416 e. The first-order valence-corrected chi connectivity index (χ1v) is 11.8. The highest BCUT2D eigenvalue weighted by Gasteiger charge is 2.35. The zero-order valence-electron chi connectivity index (χ0n) is 20.2. The van der Waals surface area contributed by atoms with Crippen molar-refractivity contribution in [1.82, 2.24) is 4.90 Å². The van der Waals surface area contributed by atoms with Gasteiger partial charge in [0.25, 0.3) is 5.91 Å². The Kier molecular flexibility index (Phi) is 7.44. The first kappa shape index (κ1) is 27.4. The first-order valence-electron chi connectivity index (χ1n) is 11.8. The molecule has 4 rings (SSSR count). The number of carboxylic acids is 3. The number of carbonyl (C=O) groups excluding carboxylic acids is 1. The van der Waals surface area contributed by atoms with Gasteiger partial charge in [0.05, 0.1) is 33.9 Å². The largest absolute Gasteiger partial charge is 0.478 e. The van der Waals surface area contributed by atoms with E-state index in [0.717, 1.165) is 23.3 Å². The number of fused-ring (bicyclic) bond motifs is 1. The van der Waals surface area contributed by atoms with Gasteiger partial charge in [-0.1, -0.05) is 36.4 Å². The van der Waals surface area contributed by atoms with Crippen LogP contribution in [0.5, 0.6) is 0 Å². The Morgan fingerprint density at radius 1 is 0.795 bits per heavy atom. The van der Waals surface area contributed by atoms with Crippen molar-refractivity contribution in [3.05, 3.63) is 105 Å². The highest BCUT2D eigenvalue weighted by atomic mass is 19.4. The minimum absolute atomic E-state index is 0.124. The van der Waals surface area contributed by atoms with Crippen LogP contribution in [0.15, 0.2) is 60.7 Å². The number of amides is 1. The average Bonchev–Trinajstić information content (AvgIpc) is 2.90. The highest BCUT2D eigenvalue weighted by molar-refractivity contribution is 6.10. The molecule has 11 heteroatoms. The van der Waals surface area contributed by atoms with Crippen LogP contribution in [0.3, 0.4) is 0 Å². The summed E-state index contributed by atoms with van der Waals surface area (Å²) in [5.74, 6) is -6.01. The summed E-state index contributed by atoms with van der Waals surface area (Å²) in [5, 5.41) is 28.8. The summed E-state index contributed by atoms with van der Waals surface area (Å²) in [6.07, 6.45) is -2.88. The van der Waals surface area contributed by atoms with Gasteiger partial charge in [-0.05, 0) is 60.2 Å². The number of hydrogen-bond acceptors (Lipinski definition) is 4. The molecule has 0 spiro atoms. The number of nitrogens with zero attached hydrogens (tertiary/aromatic N) is 1. The van der Waals surface area contributed by atoms with Crippen molar-refractivity contribution in [3.63, 3.8) is 0 Å². The molecular weight excluding hydrogens is 519 g/mol. The lowest BCUT2D eigenvalue weighted by Crippen LogP contribution is -2.37. The summed E-state index contributed by atoms with van der Waals surface area (Å²) < 4.78 is 40.2. The molecule has 3 aromatic rings. The van der Waals surface area contributed by atoms with Crippen LogP contribution < -0.4 is 0 Å². The Balaban J connectivity index is 1.89. The Bertz CT molecular complexity index is 1480. The van der Waals surface area contributed by atoms with Crippen LogP contribution in [0, 0.1) is 0 Å². The summed E-state index contributed by atoms with van der Waals surface area (Å²) in [6, 6.07) is 12.2. The van der Waals surface area contributed by atoms with E-state index in [4.69, 9.17) is 0 Å². The predicted molar refractivity (Wildman–Crippen MR) is 131 cm³/mol. The standard InChI is InChI=1S/C28H22F3NO7/c29-28(30,31)17-8-3-5-15(11-17)14-32(23-10-4-7-16-6-1-2-9-18(16)23)24(33)19-12-21(26(36)37)22(27(38)39)13-20(19)25(34)35/h1-3,5-6,8-9,11-13,23H,4,7,10,14H2,(H,34,35)(H,36,37)(H,38,39)/t23-/m0/s1. The summed E-state index contributed by atoms with van der Waals surface area (Å²) in [7, 11) is 0. The summed E-state index contributed by atoms with van der Waals surface area (Å²) >= 11 is 0. The van der Waals surface area contributed by atoms with Crippen molar-refractivity contribution in [1.29, 1.82) is 0 Å². The molecule has 0 saturated carbocycles. The molecular formula is C28H22F3NO7. The second-order valence-electron chi connectivity index (χ2n) is 9.10.